The van der Waals surface area contributed by atoms with E-state index >= 15 is 0 Å². The largest absolute Gasteiger partial charge is 0.311 e. The average molecular weight is 238 g/mol. The quantitative estimate of drug-likeness (QED) is 0.665. The van der Waals surface area contributed by atoms with Crippen LogP contribution in [0, 0.1) is 0 Å². The van der Waals surface area contributed by atoms with Gasteiger partial charge in [0.1, 0.15) is 0 Å². The predicted octanol–water partition coefficient (Wildman–Crippen LogP) is 1.72. The summed E-state index contributed by atoms with van der Waals surface area (Å²) in [6.45, 7) is 12.9. The van der Waals surface area contributed by atoms with Crippen molar-refractivity contribution >= 4 is 0 Å². The first-order chi connectivity index (χ1) is 8.30. The molecular formula is C13H26N4. The molecule has 1 rings (SSSR count). The first kappa shape index (κ1) is 14.2. The van der Waals surface area contributed by atoms with Crippen molar-refractivity contribution < 1.29 is 0 Å². The van der Waals surface area contributed by atoms with Gasteiger partial charge in [-0.05, 0) is 45.6 Å². The molecule has 0 aliphatic heterocycles. The van der Waals surface area contributed by atoms with Crippen molar-refractivity contribution in [2.24, 2.45) is 0 Å². The molecule has 98 valence electrons. The number of aromatic nitrogens is 2. The Labute approximate surface area is 105 Å². The average Bonchev–Trinajstić information content (AvgIpc) is 2.82. The van der Waals surface area contributed by atoms with Crippen LogP contribution in [-0.4, -0.2) is 40.9 Å². The summed E-state index contributed by atoms with van der Waals surface area (Å²) in [6.07, 6.45) is 3.24. The van der Waals surface area contributed by atoms with Crippen LogP contribution in [0.25, 0.3) is 0 Å². The molecule has 0 atom stereocenters. The number of hydrogen-bond acceptors (Lipinski definition) is 3. The van der Waals surface area contributed by atoms with E-state index in [4.69, 9.17) is 0 Å². The first-order valence-corrected chi connectivity index (χ1v) is 6.75. The van der Waals surface area contributed by atoms with Gasteiger partial charge >= 0.3 is 0 Å². The van der Waals surface area contributed by atoms with E-state index in [9.17, 15) is 0 Å². The summed E-state index contributed by atoms with van der Waals surface area (Å²) in [5, 5.41) is 7.88. The van der Waals surface area contributed by atoms with Gasteiger partial charge in [-0.15, -0.1) is 0 Å². The van der Waals surface area contributed by atoms with Crippen LogP contribution in [0.15, 0.2) is 12.3 Å². The van der Waals surface area contributed by atoms with Crippen LogP contribution in [-0.2, 0) is 13.1 Å². The lowest BCUT2D eigenvalue weighted by Gasteiger charge is -2.17. The third kappa shape index (κ3) is 5.33. The molecule has 0 spiro atoms. The van der Waals surface area contributed by atoms with Crippen LogP contribution < -0.4 is 5.32 Å². The van der Waals surface area contributed by atoms with Gasteiger partial charge in [-0.2, -0.15) is 5.10 Å². The third-order valence-electron chi connectivity index (χ3n) is 3.05. The van der Waals surface area contributed by atoms with E-state index in [1.54, 1.807) is 0 Å². The topological polar surface area (TPSA) is 33.1 Å². The van der Waals surface area contributed by atoms with Gasteiger partial charge in [-0.1, -0.05) is 13.8 Å². The minimum Gasteiger partial charge on any atom is -0.311 e. The summed E-state index contributed by atoms with van der Waals surface area (Å²) < 4.78 is 1.97. The van der Waals surface area contributed by atoms with Crippen LogP contribution in [0.2, 0.25) is 0 Å². The molecule has 0 aliphatic rings. The Morgan fingerprint density at radius 2 is 2.06 bits per heavy atom. The summed E-state index contributed by atoms with van der Waals surface area (Å²) in [5.74, 6) is 0. The highest BCUT2D eigenvalue weighted by Crippen LogP contribution is 1.95. The Bertz CT molecular complexity index is 291. The summed E-state index contributed by atoms with van der Waals surface area (Å²) in [4.78, 5) is 2.45. The highest BCUT2D eigenvalue weighted by atomic mass is 15.3. The van der Waals surface area contributed by atoms with Crippen LogP contribution in [0.1, 0.15) is 32.9 Å². The molecule has 0 saturated carbocycles. The molecule has 1 heterocycles. The van der Waals surface area contributed by atoms with E-state index in [1.165, 1.54) is 13.0 Å². The third-order valence-corrected chi connectivity index (χ3v) is 3.05. The lowest BCUT2D eigenvalue weighted by atomic mass is 10.3. The zero-order valence-electron chi connectivity index (χ0n) is 11.4. The highest BCUT2D eigenvalue weighted by molar-refractivity contribution is 4.98. The molecule has 4 nitrogen and oxygen atoms in total. The van der Waals surface area contributed by atoms with Crippen molar-refractivity contribution in [1.82, 2.24) is 20.0 Å². The molecule has 0 amide bonds. The molecule has 1 aromatic heterocycles. The summed E-state index contributed by atoms with van der Waals surface area (Å²) in [5.41, 5.74) is 1.13. The minimum atomic E-state index is 0.880. The van der Waals surface area contributed by atoms with Gasteiger partial charge in [0.2, 0.25) is 0 Å². The monoisotopic (exact) mass is 238 g/mol. The number of hydrogen-bond donors (Lipinski definition) is 1. The van der Waals surface area contributed by atoms with Gasteiger partial charge in [0.25, 0.3) is 0 Å². The van der Waals surface area contributed by atoms with Crippen LogP contribution >= 0.6 is 0 Å². The van der Waals surface area contributed by atoms with E-state index in [1.807, 2.05) is 10.9 Å². The van der Waals surface area contributed by atoms with E-state index in [2.05, 4.69) is 42.2 Å². The fourth-order valence-corrected chi connectivity index (χ4v) is 1.86. The lowest BCUT2D eigenvalue weighted by molar-refractivity contribution is 0.298. The van der Waals surface area contributed by atoms with Crippen LogP contribution in [0.4, 0.5) is 0 Å². The molecule has 0 aliphatic carbocycles. The predicted molar refractivity (Wildman–Crippen MR) is 72.0 cm³/mol. The maximum absolute atomic E-state index is 4.44. The highest BCUT2D eigenvalue weighted by Gasteiger charge is 1.99. The van der Waals surface area contributed by atoms with Crippen LogP contribution in [0.5, 0.6) is 0 Å². The second-order valence-corrected chi connectivity index (χ2v) is 4.22. The van der Waals surface area contributed by atoms with E-state index < -0.39 is 0 Å². The van der Waals surface area contributed by atoms with Crippen LogP contribution in [0.3, 0.4) is 0 Å². The van der Waals surface area contributed by atoms with Crippen molar-refractivity contribution in [3.8, 4) is 0 Å². The molecule has 0 unspecified atom stereocenters. The van der Waals surface area contributed by atoms with E-state index in [0.717, 1.165) is 38.4 Å². The SMILES string of the molecule is CCN(CC)CCCNCc1ccn(CC)n1. The van der Waals surface area contributed by atoms with Gasteiger partial charge in [0, 0.05) is 19.3 Å². The Morgan fingerprint density at radius 1 is 1.29 bits per heavy atom. The normalized spacial score (nSPS) is 11.3. The molecule has 4 heteroatoms. The van der Waals surface area contributed by atoms with Gasteiger partial charge < -0.3 is 10.2 Å². The van der Waals surface area contributed by atoms with Gasteiger partial charge in [-0.25, -0.2) is 0 Å². The number of nitrogens with zero attached hydrogens (tertiary/aromatic N) is 3. The summed E-state index contributed by atoms with van der Waals surface area (Å²) in [6, 6.07) is 2.08. The fraction of sp³-hybridized carbons (Fsp3) is 0.769. The van der Waals surface area contributed by atoms with Gasteiger partial charge in [0.15, 0.2) is 0 Å². The van der Waals surface area contributed by atoms with Crippen molar-refractivity contribution in [3.05, 3.63) is 18.0 Å². The molecule has 0 radical (unpaired) electrons. The number of nitrogens with one attached hydrogen (secondary N) is 1. The standard InChI is InChI=1S/C13H26N4/c1-4-16(5-2)10-7-9-14-12-13-8-11-17(6-3)15-13/h8,11,14H,4-7,9-10,12H2,1-3H3. The second kappa shape index (κ2) is 8.25. The van der Waals surface area contributed by atoms with Crippen molar-refractivity contribution in [2.75, 3.05) is 26.2 Å². The second-order valence-electron chi connectivity index (χ2n) is 4.22. The van der Waals surface area contributed by atoms with Crippen molar-refractivity contribution in [2.45, 2.75) is 40.3 Å². The fourth-order valence-electron chi connectivity index (χ4n) is 1.86. The molecular weight excluding hydrogens is 212 g/mol. The lowest BCUT2D eigenvalue weighted by Crippen LogP contribution is -2.27. The zero-order chi connectivity index (χ0) is 12.5. The Hall–Kier alpha value is -0.870. The molecule has 0 bridgehead atoms. The Balaban J connectivity index is 2.07. The van der Waals surface area contributed by atoms with Gasteiger partial charge in [0.05, 0.1) is 5.69 Å². The molecule has 1 N–H and O–H groups in total. The Morgan fingerprint density at radius 3 is 2.65 bits per heavy atom. The maximum atomic E-state index is 4.44. The summed E-state index contributed by atoms with van der Waals surface area (Å²) in [7, 11) is 0. The van der Waals surface area contributed by atoms with Gasteiger partial charge in [-0.3, -0.25) is 4.68 Å². The zero-order valence-corrected chi connectivity index (χ0v) is 11.4. The van der Waals surface area contributed by atoms with E-state index in [-0.39, 0.29) is 0 Å². The molecule has 0 aromatic carbocycles. The van der Waals surface area contributed by atoms with Crippen molar-refractivity contribution in [3.63, 3.8) is 0 Å². The Kier molecular flexibility index (Phi) is 6.89. The number of aryl methyl sites for hydroxylation is 1. The first-order valence-electron chi connectivity index (χ1n) is 6.75. The van der Waals surface area contributed by atoms with Crippen molar-refractivity contribution in [1.29, 1.82) is 0 Å². The summed E-state index contributed by atoms with van der Waals surface area (Å²) >= 11 is 0. The molecule has 1 aromatic rings. The minimum absolute atomic E-state index is 0.880. The molecule has 17 heavy (non-hydrogen) atoms. The van der Waals surface area contributed by atoms with E-state index in [0.29, 0.717) is 0 Å². The maximum Gasteiger partial charge on any atom is 0.0762 e. The number of rotatable bonds is 9. The molecule has 0 fully saturated rings. The smallest absolute Gasteiger partial charge is 0.0762 e. The molecule has 0 saturated heterocycles.